The van der Waals surface area contributed by atoms with E-state index in [0.29, 0.717) is 49.4 Å². The van der Waals surface area contributed by atoms with Crippen LogP contribution in [0.5, 0.6) is 11.5 Å². The summed E-state index contributed by atoms with van der Waals surface area (Å²) in [6.45, 7) is 3.85. The first-order valence-corrected chi connectivity index (χ1v) is 23.9. The van der Waals surface area contributed by atoms with Crippen LogP contribution in [0.2, 0.25) is 10.0 Å². The van der Waals surface area contributed by atoms with Crippen molar-refractivity contribution in [2.24, 2.45) is 0 Å². The van der Waals surface area contributed by atoms with Crippen LogP contribution in [0.1, 0.15) is 54.4 Å². The average Bonchev–Trinajstić information content (AvgIpc) is 3.23. The third-order valence-electron chi connectivity index (χ3n) is 8.82. The number of hydrogen-bond donors (Lipinski definition) is 1. The van der Waals surface area contributed by atoms with Gasteiger partial charge in [-0.25, -0.2) is 16.8 Å². The van der Waals surface area contributed by atoms with E-state index in [-0.39, 0.29) is 18.2 Å². The zero-order valence-electron chi connectivity index (χ0n) is 34.3. The topological polar surface area (TPSA) is 205 Å². The second-order valence-corrected chi connectivity index (χ2v) is 19.4. The normalized spacial score (nSPS) is 10.8. The number of nitriles is 2. The molecule has 0 radical (unpaired) electrons. The summed E-state index contributed by atoms with van der Waals surface area (Å²) in [6, 6.07) is 30.4. The number of rotatable bonds is 12. The molecule has 2 heterocycles. The quantitative estimate of drug-likeness (QED) is 0.0900. The highest BCUT2D eigenvalue weighted by molar-refractivity contribution is 7.91. The van der Waals surface area contributed by atoms with Gasteiger partial charge in [-0.2, -0.15) is 10.5 Å². The molecule has 1 N–H and O–H groups in total. The molecule has 0 unspecified atom stereocenters. The molecule has 0 aliphatic heterocycles. The molecule has 17 heteroatoms. The lowest BCUT2D eigenvalue weighted by Crippen LogP contribution is -2.14. The van der Waals surface area contributed by atoms with Crippen LogP contribution < -0.4 is 4.74 Å². The number of pyridine rings is 2. The first-order chi connectivity index (χ1) is 29.7. The van der Waals surface area contributed by atoms with E-state index in [9.17, 15) is 26.4 Å². The fourth-order valence-corrected chi connectivity index (χ4v) is 7.73. The SMILES string of the molecule is Cc1cc(C(=O)CS(C)(=O)=O)ccc1-c1cnc(CCl)c(Cl)c1.Cc1cc(C(=O)CS(C)(=O)=O)ccc1-c1cnc(COc2ccc(C#N)cc2)c(Cl)c1.N#Cc1ccc(O)cc1. The highest BCUT2D eigenvalue weighted by Crippen LogP contribution is 2.30. The summed E-state index contributed by atoms with van der Waals surface area (Å²) in [5.41, 5.74) is 7.92. The number of ether oxygens (including phenoxy) is 1. The number of sulfone groups is 2. The number of alkyl halides is 1. The predicted octanol–water partition coefficient (Wildman–Crippen LogP) is 9.33. The predicted molar refractivity (Wildman–Crippen MR) is 245 cm³/mol. The van der Waals surface area contributed by atoms with Gasteiger partial charge in [-0.3, -0.25) is 19.6 Å². The molecule has 0 spiro atoms. The van der Waals surface area contributed by atoms with E-state index in [1.807, 2.05) is 26.0 Å². The van der Waals surface area contributed by atoms with Crippen LogP contribution in [-0.4, -0.2) is 67.5 Å². The Kier molecular flexibility index (Phi) is 17.5. The van der Waals surface area contributed by atoms with Gasteiger partial charge in [0.25, 0.3) is 0 Å². The zero-order valence-corrected chi connectivity index (χ0v) is 38.2. The Morgan fingerprint density at radius 2 is 1.06 bits per heavy atom. The van der Waals surface area contributed by atoms with Gasteiger partial charge in [-0.1, -0.05) is 47.5 Å². The minimum Gasteiger partial charge on any atom is -0.508 e. The van der Waals surface area contributed by atoms with Crippen molar-refractivity contribution in [2.75, 3.05) is 24.0 Å². The highest BCUT2D eigenvalue weighted by Gasteiger charge is 2.17. The molecule has 6 aromatic rings. The maximum absolute atomic E-state index is 12.1. The van der Waals surface area contributed by atoms with Crippen molar-refractivity contribution in [3.8, 4) is 45.9 Å². The Labute approximate surface area is 381 Å². The highest BCUT2D eigenvalue weighted by atomic mass is 35.5. The van der Waals surface area contributed by atoms with Crippen LogP contribution in [0.3, 0.4) is 0 Å². The average molecular weight is 946 g/mol. The number of carbonyl (C=O) groups is 2. The smallest absolute Gasteiger partial charge is 0.177 e. The minimum atomic E-state index is -3.39. The monoisotopic (exact) mass is 944 g/mol. The molecule has 0 aliphatic rings. The van der Waals surface area contributed by atoms with Crippen LogP contribution in [0.25, 0.3) is 22.3 Å². The molecule has 0 atom stereocenters. The lowest BCUT2D eigenvalue weighted by molar-refractivity contribution is 0.101. The van der Waals surface area contributed by atoms with Gasteiger partial charge in [0, 0.05) is 47.2 Å². The van der Waals surface area contributed by atoms with Gasteiger partial charge in [-0.05, 0) is 109 Å². The van der Waals surface area contributed by atoms with E-state index in [2.05, 4.69) is 9.97 Å². The van der Waals surface area contributed by atoms with Gasteiger partial charge in [0.15, 0.2) is 31.2 Å². The molecule has 63 heavy (non-hydrogen) atoms. The molecule has 4 aromatic carbocycles. The standard InChI is InChI=1S/C23H19ClN2O4S.C16H15Cl2NO3S.C7H5NO/c1-15-9-17(23(27)14-31(2,28)29)5-8-20(15)18-10-21(24)22(26-12-18)13-30-19-6-3-16(11-25)4-7-19;1-10-5-11(16(20)9-23(2,21)22)3-4-13(10)12-6-14(18)15(7-17)19-8-12;8-5-6-1-3-7(9)4-2-6/h3-10,12H,13-14H2,1-2H3;3-6,8H,7,9H2,1-2H3;1-4,9H. The summed E-state index contributed by atoms with van der Waals surface area (Å²) < 4.78 is 50.9. The van der Waals surface area contributed by atoms with E-state index >= 15 is 0 Å². The molecule has 0 amide bonds. The number of aryl methyl sites for hydroxylation is 2. The summed E-state index contributed by atoms with van der Waals surface area (Å²) in [4.78, 5) is 32.7. The third-order valence-corrected chi connectivity index (χ3v) is 11.3. The van der Waals surface area contributed by atoms with Crippen LogP contribution in [-0.2, 0) is 32.2 Å². The fraction of sp³-hybridized carbons (Fsp3) is 0.174. The number of ketones is 2. The number of phenols is 1. The van der Waals surface area contributed by atoms with Crippen LogP contribution in [0, 0.1) is 36.5 Å². The lowest BCUT2D eigenvalue weighted by atomic mass is 9.98. The molecule has 0 saturated carbocycles. The molecule has 12 nitrogen and oxygen atoms in total. The van der Waals surface area contributed by atoms with Crippen molar-refractivity contribution < 1.29 is 36.3 Å². The zero-order chi connectivity index (χ0) is 46.5. The third kappa shape index (κ3) is 15.3. The summed E-state index contributed by atoms with van der Waals surface area (Å²) in [6.07, 6.45) is 5.41. The van der Waals surface area contributed by atoms with Crippen molar-refractivity contribution in [3.63, 3.8) is 0 Å². The molecule has 0 fully saturated rings. The van der Waals surface area contributed by atoms with Crippen molar-refractivity contribution in [1.29, 1.82) is 10.5 Å². The first-order valence-electron chi connectivity index (χ1n) is 18.5. The fourth-order valence-electron chi connectivity index (χ4n) is 5.71. The molecule has 6 rings (SSSR count). The molecule has 2 aromatic heterocycles. The molecule has 0 bridgehead atoms. The van der Waals surface area contributed by atoms with E-state index < -0.39 is 42.7 Å². The summed E-state index contributed by atoms with van der Waals surface area (Å²) in [5, 5.41) is 26.8. The number of benzene rings is 4. The number of aromatic hydroxyl groups is 1. The molecule has 0 saturated heterocycles. The van der Waals surface area contributed by atoms with Crippen molar-refractivity contribution >= 4 is 66.0 Å². The van der Waals surface area contributed by atoms with Crippen LogP contribution in [0.4, 0.5) is 0 Å². The van der Waals surface area contributed by atoms with Gasteiger partial charge in [0.05, 0.1) is 50.6 Å². The number of Topliss-reactive ketones (excluding diaryl/α,β-unsaturated/α-hetero) is 2. The second-order valence-electron chi connectivity index (χ2n) is 14.1. The maximum Gasteiger partial charge on any atom is 0.177 e. The Bertz CT molecular complexity index is 2950. The number of nitrogens with zero attached hydrogens (tertiary/aromatic N) is 4. The minimum absolute atomic E-state index is 0.170. The molecular weight excluding hydrogens is 907 g/mol. The van der Waals surface area contributed by atoms with E-state index in [4.69, 9.17) is 55.2 Å². The van der Waals surface area contributed by atoms with Gasteiger partial charge < -0.3 is 9.84 Å². The molecular formula is C46H39Cl3N4O8S2. The van der Waals surface area contributed by atoms with E-state index in [1.54, 1.807) is 97.3 Å². The van der Waals surface area contributed by atoms with Gasteiger partial charge in [-0.15, -0.1) is 11.6 Å². The summed E-state index contributed by atoms with van der Waals surface area (Å²) in [5.74, 6) is -0.854. The molecule has 324 valence electrons. The lowest BCUT2D eigenvalue weighted by Gasteiger charge is -2.11. The second kappa shape index (κ2) is 22.3. The number of hydrogen-bond acceptors (Lipinski definition) is 12. The first kappa shape index (κ1) is 49.5. The van der Waals surface area contributed by atoms with Crippen LogP contribution >= 0.6 is 34.8 Å². The number of aromatic nitrogens is 2. The number of carbonyl (C=O) groups excluding carboxylic acids is 2. The van der Waals surface area contributed by atoms with Crippen molar-refractivity contribution in [1.82, 2.24) is 9.97 Å². The van der Waals surface area contributed by atoms with Crippen LogP contribution in [0.15, 0.2) is 109 Å². The van der Waals surface area contributed by atoms with Gasteiger partial charge in [0.2, 0.25) is 0 Å². The Morgan fingerprint density at radius 1 is 0.651 bits per heavy atom. The Morgan fingerprint density at radius 3 is 1.43 bits per heavy atom. The summed E-state index contributed by atoms with van der Waals surface area (Å²) >= 11 is 18.2. The van der Waals surface area contributed by atoms with Crippen molar-refractivity contribution in [2.45, 2.75) is 26.3 Å². The van der Waals surface area contributed by atoms with E-state index in [1.165, 1.54) is 12.1 Å². The Hall–Kier alpha value is -6.13. The Balaban J connectivity index is 0.000000237. The van der Waals surface area contributed by atoms with Crippen molar-refractivity contribution in [3.05, 3.63) is 164 Å². The number of phenolic OH excluding ortho intramolecular Hbond substituents is 1. The molecule has 0 aliphatic carbocycles. The van der Waals surface area contributed by atoms with Gasteiger partial charge in [0.1, 0.15) is 29.6 Å². The van der Waals surface area contributed by atoms with E-state index in [0.717, 1.165) is 45.9 Å². The van der Waals surface area contributed by atoms with Gasteiger partial charge >= 0.3 is 0 Å². The number of halogens is 3. The largest absolute Gasteiger partial charge is 0.508 e. The summed E-state index contributed by atoms with van der Waals surface area (Å²) in [7, 11) is -6.74. The maximum atomic E-state index is 12.1.